The molecule has 104 valence electrons. The first-order valence-corrected chi connectivity index (χ1v) is 6.91. The van der Waals surface area contributed by atoms with Crippen LogP contribution in [0.4, 0.5) is 10.1 Å². The van der Waals surface area contributed by atoms with Gasteiger partial charge in [0.1, 0.15) is 5.82 Å². The van der Waals surface area contributed by atoms with Gasteiger partial charge >= 0.3 is 0 Å². The first-order chi connectivity index (χ1) is 9.08. The van der Waals surface area contributed by atoms with E-state index in [1.54, 1.807) is 6.92 Å². The molecule has 1 aliphatic carbocycles. The van der Waals surface area contributed by atoms with E-state index in [1.807, 2.05) is 0 Å². The molecule has 1 amide bonds. The zero-order chi connectivity index (χ0) is 13.8. The first kappa shape index (κ1) is 13.8. The molecule has 4 heteroatoms. The van der Waals surface area contributed by atoms with Crippen LogP contribution in [0.1, 0.15) is 48.0 Å². The molecule has 1 saturated carbocycles. The highest BCUT2D eigenvalue weighted by molar-refractivity contribution is 5.95. The number of hydrogen-bond donors (Lipinski definition) is 2. The van der Waals surface area contributed by atoms with Crippen LogP contribution in [0.25, 0.3) is 0 Å². The third-order valence-corrected chi connectivity index (χ3v) is 3.92. The van der Waals surface area contributed by atoms with E-state index in [1.165, 1.54) is 44.2 Å². The Morgan fingerprint density at radius 3 is 2.68 bits per heavy atom. The van der Waals surface area contributed by atoms with Gasteiger partial charge in [0.25, 0.3) is 5.91 Å². The molecule has 19 heavy (non-hydrogen) atoms. The number of amides is 1. The molecule has 1 aromatic rings. The van der Waals surface area contributed by atoms with Crippen LogP contribution in [0.5, 0.6) is 0 Å². The van der Waals surface area contributed by atoms with E-state index < -0.39 is 5.82 Å². The second-order valence-corrected chi connectivity index (χ2v) is 5.39. The van der Waals surface area contributed by atoms with Gasteiger partial charge in [0.2, 0.25) is 0 Å². The van der Waals surface area contributed by atoms with Crippen molar-refractivity contribution in [2.75, 3.05) is 12.3 Å². The number of carbonyl (C=O) groups is 1. The third kappa shape index (κ3) is 3.46. The number of carbonyl (C=O) groups excluding carboxylic acids is 1. The van der Waals surface area contributed by atoms with Crippen molar-refractivity contribution >= 4 is 11.6 Å². The number of anilines is 1. The average Bonchev–Trinajstić information content (AvgIpc) is 2.42. The zero-order valence-electron chi connectivity index (χ0n) is 11.3. The molecule has 0 atom stereocenters. The highest BCUT2D eigenvalue weighted by Gasteiger charge is 2.16. The number of nitrogens with two attached hydrogens (primary N) is 1. The number of benzene rings is 1. The summed E-state index contributed by atoms with van der Waals surface area (Å²) in [6.45, 7) is 2.28. The van der Waals surface area contributed by atoms with Crippen molar-refractivity contribution in [1.82, 2.24) is 5.32 Å². The fraction of sp³-hybridized carbons (Fsp3) is 0.533. The van der Waals surface area contributed by atoms with Gasteiger partial charge in [-0.15, -0.1) is 0 Å². The molecular formula is C15H21FN2O. The molecule has 2 rings (SSSR count). The van der Waals surface area contributed by atoms with Crippen LogP contribution in [-0.4, -0.2) is 12.5 Å². The first-order valence-electron chi connectivity index (χ1n) is 6.91. The number of nitrogens with one attached hydrogen (secondary N) is 1. The molecule has 0 bridgehead atoms. The second kappa shape index (κ2) is 6.04. The Morgan fingerprint density at radius 2 is 2.05 bits per heavy atom. The van der Waals surface area contributed by atoms with Gasteiger partial charge in [0, 0.05) is 23.4 Å². The quantitative estimate of drug-likeness (QED) is 0.824. The lowest BCUT2D eigenvalue weighted by molar-refractivity contribution is 0.0943. The van der Waals surface area contributed by atoms with E-state index in [0.717, 1.165) is 0 Å². The van der Waals surface area contributed by atoms with Crippen LogP contribution in [0.15, 0.2) is 12.1 Å². The van der Waals surface area contributed by atoms with Gasteiger partial charge in [0.05, 0.1) is 0 Å². The van der Waals surface area contributed by atoms with Crippen molar-refractivity contribution < 1.29 is 9.18 Å². The number of hydrogen-bond acceptors (Lipinski definition) is 2. The molecule has 1 aliphatic rings. The Hall–Kier alpha value is -1.58. The lowest BCUT2D eigenvalue weighted by atomic mass is 9.89. The van der Waals surface area contributed by atoms with E-state index >= 15 is 0 Å². The number of nitrogen functional groups attached to an aromatic ring is 1. The van der Waals surface area contributed by atoms with Crippen molar-refractivity contribution in [2.24, 2.45) is 5.92 Å². The minimum absolute atomic E-state index is 0.240. The summed E-state index contributed by atoms with van der Waals surface area (Å²) in [6.07, 6.45) is 6.12. The SMILES string of the molecule is Cc1c(N)cc(C(=O)NCC2CCCCC2)cc1F. The third-order valence-electron chi connectivity index (χ3n) is 3.92. The fourth-order valence-corrected chi connectivity index (χ4v) is 2.56. The largest absolute Gasteiger partial charge is 0.398 e. The monoisotopic (exact) mass is 264 g/mol. The molecule has 3 N–H and O–H groups in total. The maximum Gasteiger partial charge on any atom is 0.251 e. The maximum atomic E-state index is 13.5. The predicted molar refractivity (Wildman–Crippen MR) is 74.5 cm³/mol. The lowest BCUT2D eigenvalue weighted by Crippen LogP contribution is -2.30. The minimum Gasteiger partial charge on any atom is -0.398 e. The molecule has 0 aromatic heterocycles. The zero-order valence-corrected chi connectivity index (χ0v) is 11.3. The van der Waals surface area contributed by atoms with Crippen LogP contribution in [-0.2, 0) is 0 Å². The highest BCUT2D eigenvalue weighted by atomic mass is 19.1. The summed E-state index contributed by atoms with van der Waals surface area (Å²) in [5, 5.41) is 2.88. The van der Waals surface area contributed by atoms with Crippen molar-refractivity contribution in [3.63, 3.8) is 0 Å². The summed E-state index contributed by atoms with van der Waals surface area (Å²) >= 11 is 0. The van der Waals surface area contributed by atoms with Crippen LogP contribution in [0, 0.1) is 18.7 Å². The van der Waals surface area contributed by atoms with E-state index in [9.17, 15) is 9.18 Å². The maximum absolute atomic E-state index is 13.5. The molecule has 3 nitrogen and oxygen atoms in total. The summed E-state index contributed by atoms with van der Waals surface area (Å²) < 4.78 is 13.5. The normalized spacial score (nSPS) is 16.3. The molecule has 0 heterocycles. The highest BCUT2D eigenvalue weighted by Crippen LogP contribution is 2.23. The van der Waals surface area contributed by atoms with Crippen LogP contribution >= 0.6 is 0 Å². The Morgan fingerprint density at radius 1 is 1.37 bits per heavy atom. The van der Waals surface area contributed by atoms with E-state index in [2.05, 4.69) is 5.32 Å². The lowest BCUT2D eigenvalue weighted by Gasteiger charge is -2.21. The average molecular weight is 264 g/mol. The summed E-state index contributed by atoms with van der Waals surface area (Å²) in [7, 11) is 0. The van der Waals surface area contributed by atoms with E-state index in [4.69, 9.17) is 5.73 Å². The topological polar surface area (TPSA) is 55.1 Å². The van der Waals surface area contributed by atoms with Gasteiger partial charge in [-0.25, -0.2) is 4.39 Å². The molecule has 1 aromatic carbocycles. The number of rotatable bonds is 3. The van der Waals surface area contributed by atoms with Gasteiger partial charge in [0.15, 0.2) is 0 Å². The van der Waals surface area contributed by atoms with E-state index in [-0.39, 0.29) is 5.91 Å². The molecule has 0 unspecified atom stereocenters. The Labute approximate surface area is 113 Å². The van der Waals surface area contributed by atoms with Gasteiger partial charge in [-0.3, -0.25) is 4.79 Å². The van der Waals surface area contributed by atoms with Gasteiger partial charge in [-0.05, 0) is 37.8 Å². The Balaban J connectivity index is 1.96. The minimum atomic E-state index is -0.428. The summed E-state index contributed by atoms with van der Waals surface area (Å²) in [5.41, 5.74) is 6.69. The Kier molecular flexibility index (Phi) is 4.40. The standard InChI is InChI=1S/C15H21FN2O/c1-10-13(16)7-12(8-14(10)17)15(19)18-9-11-5-3-2-4-6-11/h7-8,11H,2-6,9,17H2,1H3,(H,18,19). The van der Waals surface area contributed by atoms with Gasteiger partial charge < -0.3 is 11.1 Å². The van der Waals surface area contributed by atoms with Gasteiger partial charge in [-0.1, -0.05) is 19.3 Å². The van der Waals surface area contributed by atoms with Crippen LogP contribution < -0.4 is 11.1 Å². The molecule has 0 radical (unpaired) electrons. The van der Waals surface area contributed by atoms with Crippen molar-refractivity contribution in [3.05, 3.63) is 29.1 Å². The molecule has 1 fully saturated rings. The molecular weight excluding hydrogens is 243 g/mol. The van der Waals surface area contributed by atoms with Crippen molar-refractivity contribution in [3.8, 4) is 0 Å². The molecule has 0 spiro atoms. The summed E-state index contributed by atoms with van der Waals surface area (Å²) in [4.78, 5) is 12.0. The Bertz CT molecular complexity index is 444. The summed E-state index contributed by atoms with van der Waals surface area (Å²) in [6, 6.07) is 2.79. The summed E-state index contributed by atoms with van der Waals surface area (Å²) in [5.74, 6) is -0.107. The van der Waals surface area contributed by atoms with E-state index in [0.29, 0.717) is 29.3 Å². The second-order valence-electron chi connectivity index (χ2n) is 5.39. The van der Waals surface area contributed by atoms with Crippen LogP contribution in [0.2, 0.25) is 0 Å². The smallest absolute Gasteiger partial charge is 0.251 e. The molecule has 0 saturated heterocycles. The van der Waals surface area contributed by atoms with Crippen molar-refractivity contribution in [2.45, 2.75) is 39.0 Å². The number of halogens is 1. The van der Waals surface area contributed by atoms with Crippen LogP contribution in [0.3, 0.4) is 0 Å². The molecule has 0 aliphatic heterocycles. The fourth-order valence-electron chi connectivity index (χ4n) is 2.56. The predicted octanol–water partition coefficient (Wildman–Crippen LogP) is 3.03. The van der Waals surface area contributed by atoms with Crippen molar-refractivity contribution in [1.29, 1.82) is 0 Å². The van der Waals surface area contributed by atoms with Gasteiger partial charge in [-0.2, -0.15) is 0 Å².